The fourth-order valence-electron chi connectivity index (χ4n) is 2.32. The number of hydrogen-bond donors (Lipinski definition) is 1. The van der Waals surface area contributed by atoms with Crippen molar-refractivity contribution in [3.8, 4) is 0 Å². The van der Waals surface area contributed by atoms with E-state index in [1.807, 2.05) is 7.11 Å². The van der Waals surface area contributed by atoms with E-state index in [4.69, 9.17) is 4.74 Å². The van der Waals surface area contributed by atoms with E-state index in [2.05, 4.69) is 26.1 Å². The Balaban J connectivity index is 2.27. The van der Waals surface area contributed by atoms with Crippen molar-refractivity contribution >= 4 is 0 Å². The molecule has 1 unspecified atom stereocenters. The molecule has 2 nitrogen and oxygen atoms in total. The number of methoxy groups -OCH3 is 1. The molecule has 1 fully saturated rings. The molecule has 1 atom stereocenters. The Morgan fingerprint density at radius 1 is 1.20 bits per heavy atom. The van der Waals surface area contributed by atoms with Crippen LogP contribution in [0.3, 0.4) is 0 Å². The number of nitrogens with one attached hydrogen (secondary N) is 1. The predicted octanol–water partition coefficient (Wildman–Crippen LogP) is 2.97. The predicted molar refractivity (Wildman–Crippen MR) is 65.1 cm³/mol. The van der Waals surface area contributed by atoms with Gasteiger partial charge in [-0.05, 0) is 18.3 Å². The van der Waals surface area contributed by atoms with Gasteiger partial charge >= 0.3 is 0 Å². The first-order valence-corrected chi connectivity index (χ1v) is 6.30. The van der Waals surface area contributed by atoms with Gasteiger partial charge in [0.15, 0.2) is 0 Å². The molecule has 0 amide bonds. The van der Waals surface area contributed by atoms with Crippen LogP contribution in [0.1, 0.15) is 52.9 Å². The summed E-state index contributed by atoms with van der Waals surface area (Å²) in [6.07, 6.45) is 7.22. The summed E-state index contributed by atoms with van der Waals surface area (Å²) in [5.41, 5.74) is 0.233. The molecule has 2 heteroatoms. The number of rotatable bonds is 4. The Morgan fingerprint density at radius 2 is 1.80 bits per heavy atom. The third-order valence-electron chi connectivity index (χ3n) is 3.45. The van der Waals surface area contributed by atoms with Gasteiger partial charge in [0, 0.05) is 19.7 Å². The molecule has 0 aromatic rings. The van der Waals surface area contributed by atoms with Crippen LogP contribution in [-0.4, -0.2) is 25.8 Å². The maximum Gasteiger partial charge on any atom is 0.0743 e. The van der Waals surface area contributed by atoms with Gasteiger partial charge in [-0.2, -0.15) is 0 Å². The van der Waals surface area contributed by atoms with E-state index in [-0.39, 0.29) is 5.41 Å². The van der Waals surface area contributed by atoms with Crippen LogP contribution < -0.4 is 5.32 Å². The summed E-state index contributed by atoms with van der Waals surface area (Å²) in [5.74, 6) is 0. The molecule has 0 bridgehead atoms. The highest BCUT2D eigenvalue weighted by Gasteiger charge is 2.25. The lowest BCUT2D eigenvalue weighted by molar-refractivity contribution is 0.0148. The quantitative estimate of drug-likeness (QED) is 0.775. The second-order valence-corrected chi connectivity index (χ2v) is 5.83. The van der Waals surface area contributed by atoms with Gasteiger partial charge < -0.3 is 10.1 Å². The van der Waals surface area contributed by atoms with Crippen LogP contribution in [0.25, 0.3) is 0 Å². The summed E-state index contributed by atoms with van der Waals surface area (Å²) in [6.45, 7) is 7.71. The first-order chi connectivity index (χ1) is 7.04. The third-order valence-corrected chi connectivity index (χ3v) is 3.45. The molecule has 1 aliphatic rings. The maximum absolute atomic E-state index is 5.54. The summed E-state index contributed by atoms with van der Waals surface area (Å²) in [6, 6.07) is 0.735. The number of hydrogen-bond acceptors (Lipinski definition) is 2. The van der Waals surface area contributed by atoms with Gasteiger partial charge in [-0.1, -0.05) is 40.0 Å². The van der Waals surface area contributed by atoms with Crippen LogP contribution in [0.4, 0.5) is 0 Å². The van der Waals surface area contributed by atoms with E-state index in [0.717, 1.165) is 12.6 Å². The topological polar surface area (TPSA) is 21.3 Å². The van der Waals surface area contributed by atoms with Gasteiger partial charge in [0.1, 0.15) is 0 Å². The van der Waals surface area contributed by atoms with Crippen LogP contribution in [0.2, 0.25) is 0 Å². The number of ether oxygens (including phenoxy) is 1. The molecule has 1 saturated carbocycles. The van der Waals surface area contributed by atoms with E-state index in [1.165, 1.54) is 32.1 Å². The minimum atomic E-state index is 0.233. The van der Waals surface area contributed by atoms with Crippen LogP contribution in [0, 0.1) is 5.41 Å². The van der Waals surface area contributed by atoms with Crippen molar-refractivity contribution in [1.82, 2.24) is 5.32 Å². The smallest absolute Gasteiger partial charge is 0.0743 e. The summed E-state index contributed by atoms with van der Waals surface area (Å²) >= 11 is 0. The highest BCUT2D eigenvalue weighted by Crippen LogP contribution is 2.22. The lowest BCUT2D eigenvalue weighted by atomic mass is 9.88. The first-order valence-electron chi connectivity index (χ1n) is 6.30. The highest BCUT2D eigenvalue weighted by molar-refractivity contribution is 4.79. The van der Waals surface area contributed by atoms with Crippen molar-refractivity contribution in [2.75, 3.05) is 13.7 Å². The SMILES string of the molecule is COC(CNC1CCCCC1)C(C)(C)C. The lowest BCUT2D eigenvalue weighted by Gasteiger charge is -2.32. The van der Waals surface area contributed by atoms with Crippen molar-refractivity contribution in [1.29, 1.82) is 0 Å². The maximum atomic E-state index is 5.54. The van der Waals surface area contributed by atoms with Crippen molar-refractivity contribution < 1.29 is 4.74 Å². The van der Waals surface area contributed by atoms with E-state index in [0.29, 0.717) is 6.10 Å². The van der Waals surface area contributed by atoms with Crippen LogP contribution in [-0.2, 0) is 4.74 Å². The average molecular weight is 213 g/mol. The molecule has 0 heterocycles. The zero-order valence-corrected chi connectivity index (χ0v) is 10.8. The van der Waals surface area contributed by atoms with E-state index in [9.17, 15) is 0 Å². The van der Waals surface area contributed by atoms with Crippen molar-refractivity contribution in [3.63, 3.8) is 0 Å². The van der Waals surface area contributed by atoms with Gasteiger partial charge in [-0.3, -0.25) is 0 Å². The molecule has 15 heavy (non-hydrogen) atoms. The molecule has 0 aromatic carbocycles. The summed E-state index contributed by atoms with van der Waals surface area (Å²) in [7, 11) is 1.82. The zero-order chi connectivity index (χ0) is 11.3. The zero-order valence-electron chi connectivity index (χ0n) is 10.8. The molecule has 0 saturated heterocycles. The van der Waals surface area contributed by atoms with Gasteiger partial charge in [-0.15, -0.1) is 0 Å². The Kier molecular flexibility index (Phi) is 5.07. The monoisotopic (exact) mass is 213 g/mol. The molecule has 1 rings (SSSR count). The third kappa shape index (κ3) is 4.52. The Hall–Kier alpha value is -0.0800. The molecule has 0 aliphatic heterocycles. The Morgan fingerprint density at radius 3 is 2.27 bits per heavy atom. The summed E-state index contributed by atoms with van der Waals surface area (Å²) < 4.78 is 5.54. The van der Waals surface area contributed by atoms with E-state index < -0.39 is 0 Å². The minimum Gasteiger partial charge on any atom is -0.380 e. The minimum absolute atomic E-state index is 0.233. The van der Waals surface area contributed by atoms with Crippen molar-refractivity contribution in [2.45, 2.75) is 65.0 Å². The van der Waals surface area contributed by atoms with Gasteiger partial charge in [0.2, 0.25) is 0 Å². The van der Waals surface area contributed by atoms with Crippen LogP contribution >= 0.6 is 0 Å². The molecular formula is C13H27NO. The first kappa shape index (κ1) is 13.0. The molecule has 1 aliphatic carbocycles. The standard InChI is InChI=1S/C13H27NO/c1-13(2,3)12(15-4)10-14-11-8-6-5-7-9-11/h11-12,14H,5-10H2,1-4H3. The Bertz CT molecular complexity index is 168. The second kappa shape index (κ2) is 5.86. The second-order valence-electron chi connectivity index (χ2n) is 5.83. The molecular weight excluding hydrogens is 186 g/mol. The largest absolute Gasteiger partial charge is 0.380 e. The van der Waals surface area contributed by atoms with Gasteiger partial charge in [-0.25, -0.2) is 0 Å². The van der Waals surface area contributed by atoms with Crippen molar-refractivity contribution in [3.05, 3.63) is 0 Å². The average Bonchev–Trinajstić information content (AvgIpc) is 2.18. The molecule has 0 aromatic heterocycles. The van der Waals surface area contributed by atoms with E-state index >= 15 is 0 Å². The van der Waals surface area contributed by atoms with E-state index in [1.54, 1.807) is 0 Å². The fraction of sp³-hybridized carbons (Fsp3) is 1.00. The van der Waals surface area contributed by atoms with Crippen LogP contribution in [0.15, 0.2) is 0 Å². The fourth-order valence-corrected chi connectivity index (χ4v) is 2.32. The highest BCUT2D eigenvalue weighted by atomic mass is 16.5. The molecule has 0 spiro atoms. The van der Waals surface area contributed by atoms with Crippen molar-refractivity contribution in [2.24, 2.45) is 5.41 Å². The lowest BCUT2D eigenvalue weighted by Crippen LogP contribution is -2.42. The summed E-state index contributed by atoms with van der Waals surface area (Å²) in [4.78, 5) is 0. The normalized spacial score (nSPS) is 21.6. The molecule has 1 N–H and O–H groups in total. The summed E-state index contributed by atoms with van der Waals surface area (Å²) in [5, 5.41) is 3.65. The molecule has 90 valence electrons. The Labute approximate surface area is 94.8 Å². The van der Waals surface area contributed by atoms with Gasteiger partial charge in [0.25, 0.3) is 0 Å². The van der Waals surface area contributed by atoms with Gasteiger partial charge in [0.05, 0.1) is 6.10 Å². The van der Waals surface area contributed by atoms with Crippen LogP contribution in [0.5, 0.6) is 0 Å². The molecule has 0 radical (unpaired) electrons.